The predicted octanol–water partition coefficient (Wildman–Crippen LogP) is 3.28. The van der Waals surface area contributed by atoms with Gasteiger partial charge in [0.1, 0.15) is 9.23 Å². The number of sulfonamides is 1. The molecule has 1 saturated heterocycles. The zero-order valence-corrected chi connectivity index (χ0v) is 14.5. The Morgan fingerprint density at radius 1 is 1.42 bits per heavy atom. The van der Waals surface area contributed by atoms with Crippen molar-refractivity contribution in [3.63, 3.8) is 0 Å². The molecule has 1 fully saturated rings. The minimum atomic E-state index is -3.68. The lowest BCUT2D eigenvalue weighted by Gasteiger charge is -2.35. The predicted molar refractivity (Wildman–Crippen MR) is 81.2 cm³/mol. The summed E-state index contributed by atoms with van der Waals surface area (Å²) in [7, 11) is -3.68. The van der Waals surface area contributed by atoms with Crippen molar-refractivity contribution in [3.05, 3.63) is 14.7 Å². The van der Waals surface area contributed by atoms with Gasteiger partial charge in [-0.15, -0.1) is 11.3 Å². The van der Waals surface area contributed by atoms with Crippen LogP contribution in [0.5, 0.6) is 0 Å². The fourth-order valence-electron chi connectivity index (χ4n) is 1.87. The van der Waals surface area contributed by atoms with Gasteiger partial charge < -0.3 is 4.74 Å². The maximum absolute atomic E-state index is 12.4. The highest BCUT2D eigenvalue weighted by atomic mass is 79.9. The summed E-state index contributed by atoms with van der Waals surface area (Å²) in [6, 6.07) is 1.37. The van der Waals surface area contributed by atoms with Crippen molar-refractivity contribution in [1.82, 2.24) is 4.72 Å². The number of hydrogen-bond donors (Lipinski definition) is 1. The summed E-state index contributed by atoms with van der Waals surface area (Å²) < 4.78 is 33.3. The van der Waals surface area contributed by atoms with Crippen LogP contribution in [0.2, 0.25) is 8.67 Å². The molecule has 1 aromatic rings. The zero-order valence-electron chi connectivity index (χ0n) is 9.79. The third-order valence-electron chi connectivity index (χ3n) is 2.97. The highest BCUT2D eigenvalue weighted by Gasteiger charge is 2.37. The lowest BCUT2D eigenvalue weighted by Crippen LogP contribution is -2.53. The van der Waals surface area contributed by atoms with Crippen LogP contribution in [-0.2, 0) is 14.8 Å². The second-order valence-electron chi connectivity index (χ2n) is 4.32. The van der Waals surface area contributed by atoms with E-state index in [4.69, 9.17) is 27.9 Å². The molecule has 9 heteroatoms. The highest BCUT2D eigenvalue weighted by molar-refractivity contribution is 9.09. The molecular formula is C10H12BrCl2NO3S2. The van der Waals surface area contributed by atoms with Gasteiger partial charge in [-0.05, 0) is 18.9 Å². The number of halogens is 3. The summed E-state index contributed by atoms with van der Waals surface area (Å²) in [4.78, 5) is 0.0379. The molecule has 0 atom stereocenters. The van der Waals surface area contributed by atoms with Crippen molar-refractivity contribution in [2.24, 2.45) is 0 Å². The molecule has 0 amide bonds. The Hall–Kier alpha value is 0.630. The molecule has 19 heavy (non-hydrogen) atoms. The average Bonchev–Trinajstić information content (AvgIpc) is 2.70. The van der Waals surface area contributed by atoms with Crippen LogP contribution in [0, 0.1) is 0 Å². The van der Waals surface area contributed by atoms with Crippen LogP contribution in [0.1, 0.15) is 12.8 Å². The first-order valence-corrected chi connectivity index (χ1v) is 9.69. The van der Waals surface area contributed by atoms with Crippen molar-refractivity contribution in [2.75, 3.05) is 18.5 Å². The van der Waals surface area contributed by atoms with Gasteiger partial charge >= 0.3 is 0 Å². The molecule has 1 aliphatic heterocycles. The molecular weight excluding hydrogens is 397 g/mol. The Morgan fingerprint density at radius 2 is 2.05 bits per heavy atom. The van der Waals surface area contributed by atoms with Gasteiger partial charge in [0.2, 0.25) is 10.0 Å². The van der Waals surface area contributed by atoms with Gasteiger partial charge in [-0.3, -0.25) is 0 Å². The number of rotatable bonds is 4. The van der Waals surface area contributed by atoms with Crippen molar-refractivity contribution in [1.29, 1.82) is 0 Å². The highest BCUT2D eigenvalue weighted by Crippen LogP contribution is 2.35. The molecule has 0 saturated carbocycles. The fourth-order valence-corrected chi connectivity index (χ4v) is 6.37. The first-order valence-electron chi connectivity index (χ1n) is 5.51. The van der Waals surface area contributed by atoms with Gasteiger partial charge in [0.15, 0.2) is 0 Å². The summed E-state index contributed by atoms with van der Waals surface area (Å²) >= 11 is 16.1. The average molecular weight is 409 g/mol. The zero-order chi connectivity index (χ0) is 14.1. The van der Waals surface area contributed by atoms with Crippen LogP contribution in [0.25, 0.3) is 0 Å². The Kier molecular flexibility index (Phi) is 5.20. The van der Waals surface area contributed by atoms with E-state index in [0.717, 1.165) is 11.3 Å². The molecule has 2 heterocycles. The second-order valence-corrected chi connectivity index (χ2v) is 8.82. The fraction of sp³-hybridized carbons (Fsp3) is 0.600. The van der Waals surface area contributed by atoms with E-state index in [1.54, 1.807) is 0 Å². The molecule has 1 aromatic heterocycles. The van der Waals surface area contributed by atoms with E-state index in [0.29, 0.717) is 35.7 Å². The van der Waals surface area contributed by atoms with Crippen LogP contribution in [0.15, 0.2) is 11.0 Å². The number of ether oxygens (including phenoxy) is 1. The SMILES string of the molecule is O=S(=O)(NC1(CBr)CCOCC1)c1cc(Cl)sc1Cl. The summed E-state index contributed by atoms with van der Waals surface area (Å²) in [5.74, 6) is 0. The van der Waals surface area contributed by atoms with Crippen molar-refractivity contribution in [2.45, 2.75) is 23.3 Å². The summed E-state index contributed by atoms with van der Waals surface area (Å²) in [6.07, 6.45) is 1.24. The van der Waals surface area contributed by atoms with E-state index in [2.05, 4.69) is 20.7 Å². The smallest absolute Gasteiger partial charge is 0.243 e. The largest absolute Gasteiger partial charge is 0.381 e. The Bertz CT molecular complexity index is 555. The van der Waals surface area contributed by atoms with Crippen LogP contribution in [0.3, 0.4) is 0 Å². The molecule has 1 aliphatic rings. The monoisotopic (exact) mass is 407 g/mol. The van der Waals surface area contributed by atoms with Gasteiger partial charge in [0.05, 0.1) is 4.34 Å². The molecule has 1 N–H and O–H groups in total. The summed E-state index contributed by atoms with van der Waals surface area (Å²) in [5, 5.41) is 0.526. The minimum absolute atomic E-state index is 0.0379. The van der Waals surface area contributed by atoms with Crippen molar-refractivity contribution >= 4 is 60.5 Å². The topological polar surface area (TPSA) is 55.4 Å². The number of thiophene rings is 1. The van der Waals surface area contributed by atoms with E-state index in [-0.39, 0.29) is 9.23 Å². The molecule has 0 radical (unpaired) electrons. The molecule has 0 bridgehead atoms. The molecule has 2 rings (SSSR count). The van der Waals surface area contributed by atoms with E-state index >= 15 is 0 Å². The quantitative estimate of drug-likeness (QED) is 0.777. The number of nitrogens with one attached hydrogen (secondary N) is 1. The van der Waals surface area contributed by atoms with Crippen LogP contribution < -0.4 is 4.72 Å². The first-order chi connectivity index (χ1) is 8.88. The Morgan fingerprint density at radius 3 is 2.53 bits per heavy atom. The van der Waals surface area contributed by atoms with Gasteiger partial charge in [-0.2, -0.15) is 0 Å². The molecule has 108 valence electrons. The summed E-state index contributed by atoms with van der Waals surface area (Å²) in [6.45, 7) is 1.07. The summed E-state index contributed by atoms with van der Waals surface area (Å²) in [5.41, 5.74) is -0.533. The maximum Gasteiger partial charge on any atom is 0.243 e. The van der Waals surface area contributed by atoms with E-state index in [1.807, 2.05) is 0 Å². The Balaban J connectivity index is 2.27. The third kappa shape index (κ3) is 3.64. The normalized spacial score (nSPS) is 19.5. The van der Waals surface area contributed by atoms with Crippen molar-refractivity contribution in [3.8, 4) is 0 Å². The Labute approximate surface area is 134 Å². The molecule has 0 aliphatic carbocycles. The maximum atomic E-state index is 12.4. The number of hydrogen-bond acceptors (Lipinski definition) is 4. The van der Waals surface area contributed by atoms with Crippen molar-refractivity contribution < 1.29 is 13.2 Å². The molecule has 0 unspecified atom stereocenters. The van der Waals surface area contributed by atoms with Gasteiger partial charge in [-0.25, -0.2) is 13.1 Å². The first kappa shape index (κ1) is 16.0. The van der Waals surface area contributed by atoms with E-state index in [1.165, 1.54) is 6.07 Å². The van der Waals surface area contributed by atoms with Crippen LogP contribution in [0.4, 0.5) is 0 Å². The van der Waals surface area contributed by atoms with Crippen LogP contribution >= 0.6 is 50.5 Å². The lowest BCUT2D eigenvalue weighted by molar-refractivity contribution is 0.0557. The van der Waals surface area contributed by atoms with Gasteiger partial charge in [0, 0.05) is 24.1 Å². The lowest BCUT2D eigenvalue weighted by atomic mass is 9.94. The van der Waals surface area contributed by atoms with E-state index < -0.39 is 15.6 Å². The molecule has 0 spiro atoms. The standard InChI is InChI=1S/C10H12BrCl2NO3S2/c11-6-10(1-3-17-4-2-10)14-19(15,16)7-5-8(12)18-9(7)13/h5,14H,1-4,6H2. The van der Waals surface area contributed by atoms with E-state index in [9.17, 15) is 8.42 Å². The third-order valence-corrected chi connectivity index (χ3v) is 7.38. The molecule has 0 aromatic carbocycles. The minimum Gasteiger partial charge on any atom is -0.381 e. The molecule has 4 nitrogen and oxygen atoms in total. The number of alkyl halides is 1. The van der Waals surface area contributed by atoms with Gasteiger partial charge in [-0.1, -0.05) is 39.1 Å². The second kappa shape index (κ2) is 6.17. The van der Waals surface area contributed by atoms with Gasteiger partial charge in [0.25, 0.3) is 0 Å². The van der Waals surface area contributed by atoms with Crippen LogP contribution in [-0.4, -0.2) is 32.5 Å².